The lowest BCUT2D eigenvalue weighted by molar-refractivity contribution is -0.143. The number of hydrogen-bond acceptors (Lipinski definition) is 3. The molecule has 5 nitrogen and oxygen atoms in total. The number of hydrogen-bond donors (Lipinski definition) is 1. The van der Waals surface area contributed by atoms with Gasteiger partial charge in [-0.2, -0.15) is 0 Å². The third kappa shape index (κ3) is 4.12. The fraction of sp³-hybridized carbons (Fsp3) is 0.263. The molecule has 130 valence electrons. The van der Waals surface area contributed by atoms with Crippen molar-refractivity contribution in [2.45, 2.75) is 6.92 Å². The highest BCUT2D eigenvalue weighted by atomic mass is 35.5. The minimum atomic E-state index is -0.631. The van der Waals surface area contributed by atoms with Gasteiger partial charge in [0.25, 0.3) is 0 Å². The van der Waals surface area contributed by atoms with Crippen LogP contribution in [-0.2, 0) is 9.59 Å². The van der Waals surface area contributed by atoms with Crippen LogP contribution in [0, 0.1) is 6.92 Å². The van der Waals surface area contributed by atoms with E-state index in [1.54, 1.807) is 23.1 Å². The number of carbonyl (C=O) groups is 2. The fourth-order valence-corrected chi connectivity index (χ4v) is 2.99. The highest BCUT2D eigenvalue weighted by Crippen LogP contribution is 2.20. The van der Waals surface area contributed by atoms with Crippen LogP contribution in [0.25, 0.3) is 0 Å². The average Bonchev–Trinajstić information content (AvgIpc) is 2.65. The van der Waals surface area contributed by atoms with Gasteiger partial charge in [0.2, 0.25) is 0 Å². The van der Waals surface area contributed by atoms with Crippen molar-refractivity contribution in [1.82, 2.24) is 4.90 Å². The van der Waals surface area contributed by atoms with Gasteiger partial charge >= 0.3 is 11.8 Å². The van der Waals surface area contributed by atoms with Gasteiger partial charge in [0.15, 0.2) is 0 Å². The first-order chi connectivity index (χ1) is 12.0. The van der Waals surface area contributed by atoms with Crippen molar-refractivity contribution in [2.24, 2.45) is 0 Å². The van der Waals surface area contributed by atoms with E-state index in [1.165, 1.54) is 0 Å². The first-order valence-electron chi connectivity index (χ1n) is 8.21. The Bertz CT molecular complexity index is 771. The zero-order valence-corrected chi connectivity index (χ0v) is 14.8. The van der Waals surface area contributed by atoms with Crippen molar-refractivity contribution in [1.29, 1.82) is 0 Å². The predicted molar refractivity (Wildman–Crippen MR) is 100 cm³/mol. The number of halogens is 1. The second-order valence-corrected chi connectivity index (χ2v) is 6.44. The maximum Gasteiger partial charge on any atom is 0.313 e. The van der Waals surface area contributed by atoms with Gasteiger partial charge in [-0.3, -0.25) is 9.59 Å². The summed E-state index contributed by atoms with van der Waals surface area (Å²) in [5.41, 5.74) is 2.58. The summed E-state index contributed by atoms with van der Waals surface area (Å²) in [6.07, 6.45) is 0. The molecule has 0 atom stereocenters. The van der Waals surface area contributed by atoms with Crippen LogP contribution >= 0.6 is 11.6 Å². The third-order valence-corrected chi connectivity index (χ3v) is 4.72. The van der Waals surface area contributed by atoms with Crippen LogP contribution in [0.3, 0.4) is 0 Å². The fourth-order valence-electron chi connectivity index (χ4n) is 2.81. The number of amides is 2. The van der Waals surface area contributed by atoms with Crippen molar-refractivity contribution in [3.05, 3.63) is 59.1 Å². The number of nitrogens with one attached hydrogen (secondary N) is 1. The van der Waals surface area contributed by atoms with Crippen molar-refractivity contribution in [3.63, 3.8) is 0 Å². The number of anilines is 2. The Labute approximate surface area is 152 Å². The highest BCUT2D eigenvalue weighted by molar-refractivity contribution is 6.39. The molecule has 0 aromatic heterocycles. The summed E-state index contributed by atoms with van der Waals surface area (Å²) in [4.78, 5) is 28.4. The predicted octanol–water partition coefficient (Wildman–Crippen LogP) is 2.94. The van der Waals surface area contributed by atoms with Gasteiger partial charge in [-0.15, -0.1) is 0 Å². The molecule has 0 unspecified atom stereocenters. The maximum absolute atomic E-state index is 12.4. The summed E-state index contributed by atoms with van der Waals surface area (Å²) >= 11 is 6.05. The molecule has 1 fully saturated rings. The van der Waals surface area contributed by atoms with Crippen LogP contribution in [0.5, 0.6) is 0 Å². The molecular formula is C19H20ClN3O2. The number of nitrogens with zero attached hydrogens (tertiary/aromatic N) is 2. The maximum atomic E-state index is 12.4. The molecule has 2 amide bonds. The quantitative estimate of drug-likeness (QED) is 0.841. The van der Waals surface area contributed by atoms with Gasteiger partial charge in [-0.05, 0) is 36.8 Å². The zero-order valence-electron chi connectivity index (χ0n) is 14.0. The van der Waals surface area contributed by atoms with Crippen LogP contribution in [0.4, 0.5) is 11.4 Å². The normalized spacial score (nSPS) is 14.3. The standard InChI is InChI=1S/C19H20ClN3O2/c1-14-7-8-15(13-17(14)20)21-18(24)19(25)23-11-9-22(10-12-23)16-5-3-2-4-6-16/h2-8,13H,9-12H2,1H3,(H,21,24). The van der Waals surface area contributed by atoms with E-state index in [2.05, 4.69) is 10.2 Å². The minimum absolute atomic E-state index is 0.510. The third-order valence-electron chi connectivity index (χ3n) is 4.31. The molecular weight excluding hydrogens is 338 g/mol. The minimum Gasteiger partial charge on any atom is -0.368 e. The molecule has 1 saturated heterocycles. The first kappa shape index (κ1) is 17.3. The van der Waals surface area contributed by atoms with Crippen molar-refractivity contribution in [2.75, 3.05) is 36.4 Å². The number of rotatable bonds is 2. The average molecular weight is 358 g/mol. The zero-order chi connectivity index (χ0) is 17.8. The van der Waals surface area contributed by atoms with Crippen molar-refractivity contribution < 1.29 is 9.59 Å². The molecule has 1 N–H and O–H groups in total. The number of para-hydroxylation sites is 1. The molecule has 0 aliphatic carbocycles. The van der Waals surface area contributed by atoms with Gasteiger partial charge in [0.05, 0.1) is 0 Å². The van der Waals surface area contributed by atoms with E-state index < -0.39 is 11.8 Å². The number of piperazine rings is 1. The van der Waals surface area contributed by atoms with E-state index >= 15 is 0 Å². The number of aryl methyl sites for hydroxylation is 1. The Morgan fingerprint density at radius 3 is 2.32 bits per heavy atom. The molecule has 25 heavy (non-hydrogen) atoms. The van der Waals surface area contributed by atoms with Crippen LogP contribution in [0.2, 0.25) is 5.02 Å². The van der Waals surface area contributed by atoms with Gasteiger partial charge < -0.3 is 15.1 Å². The molecule has 3 rings (SSSR count). The Morgan fingerprint density at radius 1 is 1.00 bits per heavy atom. The van der Waals surface area contributed by atoms with Crippen molar-refractivity contribution >= 4 is 34.8 Å². The van der Waals surface area contributed by atoms with Crippen LogP contribution < -0.4 is 10.2 Å². The molecule has 0 radical (unpaired) electrons. The second kappa shape index (κ2) is 7.57. The molecule has 2 aromatic carbocycles. The summed E-state index contributed by atoms with van der Waals surface area (Å²) in [5, 5.41) is 3.18. The van der Waals surface area contributed by atoms with Crippen molar-refractivity contribution in [3.8, 4) is 0 Å². The van der Waals surface area contributed by atoms with Crippen LogP contribution in [0.1, 0.15) is 5.56 Å². The highest BCUT2D eigenvalue weighted by Gasteiger charge is 2.26. The van der Waals surface area contributed by atoms with E-state index in [0.717, 1.165) is 11.3 Å². The second-order valence-electron chi connectivity index (χ2n) is 6.03. The molecule has 1 heterocycles. The molecule has 0 saturated carbocycles. The Balaban J connectivity index is 1.56. The summed E-state index contributed by atoms with van der Waals surface area (Å²) in [6.45, 7) is 4.34. The van der Waals surface area contributed by atoms with E-state index in [0.29, 0.717) is 36.9 Å². The Kier molecular flexibility index (Phi) is 5.24. The summed E-state index contributed by atoms with van der Waals surface area (Å²) in [5.74, 6) is -1.14. The van der Waals surface area contributed by atoms with Crippen LogP contribution in [-0.4, -0.2) is 42.9 Å². The summed E-state index contributed by atoms with van der Waals surface area (Å²) < 4.78 is 0. The molecule has 0 bridgehead atoms. The lowest BCUT2D eigenvalue weighted by Gasteiger charge is -2.35. The van der Waals surface area contributed by atoms with E-state index in [4.69, 9.17) is 11.6 Å². The van der Waals surface area contributed by atoms with E-state index in [1.807, 2.05) is 37.3 Å². The Morgan fingerprint density at radius 2 is 1.68 bits per heavy atom. The molecule has 1 aliphatic rings. The monoisotopic (exact) mass is 357 g/mol. The summed E-state index contributed by atoms with van der Waals surface area (Å²) in [6, 6.07) is 15.2. The molecule has 6 heteroatoms. The van der Waals surface area contributed by atoms with Crippen LogP contribution in [0.15, 0.2) is 48.5 Å². The first-order valence-corrected chi connectivity index (χ1v) is 8.59. The molecule has 2 aromatic rings. The smallest absolute Gasteiger partial charge is 0.313 e. The largest absolute Gasteiger partial charge is 0.368 e. The van der Waals surface area contributed by atoms with Gasteiger partial charge in [-0.1, -0.05) is 35.9 Å². The van der Waals surface area contributed by atoms with Gasteiger partial charge in [-0.25, -0.2) is 0 Å². The number of benzene rings is 2. The Hall–Kier alpha value is -2.53. The topological polar surface area (TPSA) is 52.7 Å². The molecule has 0 spiro atoms. The lowest BCUT2D eigenvalue weighted by atomic mass is 10.2. The van der Waals surface area contributed by atoms with E-state index in [-0.39, 0.29) is 0 Å². The van der Waals surface area contributed by atoms with Gasteiger partial charge in [0.1, 0.15) is 0 Å². The van der Waals surface area contributed by atoms with E-state index in [9.17, 15) is 9.59 Å². The van der Waals surface area contributed by atoms with Gasteiger partial charge in [0, 0.05) is 42.6 Å². The summed E-state index contributed by atoms with van der Waals surface area (Å²) in [7, 11) is 0. The molecule has 1 aliphatic heterocycles. The lowest BCUT2D eigenvalue weighted by Crippen LogP contribution is -2.51. The number of carbonyl (C=O) groups excluding carboxylic acids is 2. The SMILES string of the molecule is Cc1ccc(NC(=O)C(=O)N2CCN(c3ccccc3)CC2)cc1Cl.